The molecule has 1 atom stereocenters. The Balaban J connectivity index is 1.34. The van der Waals surface area contributed by atoms with Crippen LogP contribution in [0.4, 0.5) is 5.13 Å². The molecule has 1 saturated heterocycles. The first-order valence-electron chi connectivity index (χ1n) is 8.37. The fourth-order valence-corrected chi connectivity index (χ4v) is 4.06. The zero-order valence-electron chi connectivity index (χ0n) is 13.7. The number of amides is 1. The Morgan fingerprint density at radius 2 is 2.28 bits per heavy atom. The number of aromatic nitrogens is 1. The first kappa shape index (κ1) is 16.2. The predicted molar refractivity (Wildman–Crippen MR) is 95.2 cm³/mol. The van der Waals surface area contributed by atoms with Crippen molar-refractivity contribution in [1.82, 2.24) is 9.88 Å². The van der Waals surface area contributed by atoms with Gasteiger partial charge in [0, 0.05) is 44.1 Å². The Labute approximate surface area is 149 Å². The number of hydrogen-bond donors (Lipinski definition) is 1. The van der Waals surface area contributed by atoms with Crippen molar-refractivity contribution in [3.8, 4) is 5.75 Å². The second-order valence-corrected chi connectivity index (χ2v) is 7.44. The van der Waals surface area contributed by atoms with Gasteiger partial charge in [0.25, 0.3) is 0 Å². The SMILES string of the molecule is O=C(CCN1CC[C@]2(CC(=O)c3ccccc3O2)C1)Nc1nccs1. The first-order valence-corrected chi connectivity index (χ1v) is 9.24. The molecule has 0 saturated carbocycles. The van der Waals surface area contributed by atoms with E-state index in [1.165, 1.54) is 11.3 Å². The van der Waals surface area contributed by atoms with Crippen LogP contribution < -0.4 is 10.1 Å². The maximum Gasteiger partial charge on any atom is 0.227 e. The summed E-state index contributed by atoms with van der Waals surface area (Å²) in [7, 11) is 0. The van der Waals surface area contributed by atoms with Crippen LogP contribution in [-0.4, -0.2) is 46.8 Å². The standard InChI is InChI=1S/C18H19N3O3S/c22-14-11-18(24-15-4-2-1-3-13(14)15)6-9-21(12-18)8-5-16(23)20-17-19-7-10-25-17/h1-4,7,10H,5-6,8-9,11-12H2,(H,19,20,23)/t18-/m0/s1. The summed E-state index contributed by atoms with van der Waals surface area (Å²) in [5.74, 6) is 0.786. The number of nitrogens with one attached hydrogen (secondary N) is 1. The van der Waals surface area contributed by atoms with E-state index in [-0.39, 0.29) is 11.7 Å². The van der Waals surface area contributed by atoms with Crippen LogP contribution in [0.15, 0.2) is 35.8 Å². The average Bonchev–Trinajstić information content (AvgIpc) is 3.23. The van der Waals surface area contributed by atoms with Gasteiger partial charge in [-0.1, -0.05) is 12.1 Å². The molecule has 2 aliphatic heterocycles. The minimum atomic E-state index is -0.447. The summed E-state index contributed by atoms with van der Waals surface area (Å²) in [6.45, 7) is 2.16. The molecule has 6 nitrogen and oxygen atoms in total. The van der Waals surface area contributed by atoms with Crippen LogP contribution in [0.25, 0.3) is 0 Å². The smallest absolute Gasteiger partial charge is 0.227 e. The van der Waals surface area contributed by atoms with E-state index < -0.39 is 5.60 Å². The number of ether oxygens (including phenoxy) is 1. The van der Waals surface area contributed by atoms with Gasteiger partial charge in [-0.3, -0.25) is 14.5 Å². The van der Waals surface area contributed by atoms with E-state index >= 15 is 0 Å². The molecule has 0 radical (unpaired) electrons. The third kappa shape index (κ3) is 3.43. The van der Waals surface area contributed by atoms with E-state index in [2.05, 4.69) is 15.2 Å². The maximum atomic E-state index is 12.4. The number of ketones is 1. The van der Waals surface area contributed by atoms with Crippen molar-refractivity contribution in [1.29, 1.82) is 0 Å². The lowest BCUT2D eigenvalue weighted by Crippen LogP contribution is -2.44. The molecule has 0 unspecified atom stereocenters. The molecule has 1 aromatic carbocycles. The molecule has 2 aliphatic rings. The van der Waals surface area contributed by atoms with Crippen molar-refractivity contribution in [3.05, 3.63) is 41.4 Å². The van der Waals surface area contributed by atoms with Crippen molar-refractivity contribution in [3.63, 3.8) is 0 Å². The van der Waals surface area contributed by atoms with Gasteiger partial charge >= 0.3 is 0 Å². The van der Waals surface area contributed by atoms with Gasteiger partial charge in [-0.25, -0.2) is 4.98 Å². The van der Waals surface area contributed by atoms with Crippen molar-refractivity contribution in [2.24, 2.45) is 0 Å². The second kappa shape index (κ2) is 6.57. The Morgan fingerprint density at radius 3 is 3.12 bits per heavy atom. The number of carbonyl (C=O) groups excluding carboxylic acids is 2. The summed E-state index contributed by atoms with van der Waals surface area (Å²) < 4.78 is 6.20. The maximum absolute atomic E-state index is 12.4. The van der Waals surface area contributed by atoms with Gasteiger partial charge in [0.2, 0.25) is 5.91 Å². The molecule has 1 amide bonds. The van der Waals surface area contributed by atoms with Crippen LogP contribution in [0.2, 0.25) is 0 Å². The summed E-state index contributed by atoms with van der Waals surface area (Å²) in [4.78, 5) is 30.7. The van der Waals surface area contributed by atoms with Crippen LogP contribution in [0.5, 0.6) is 5.75 Å². The normalized spacial score (nSPS) is 22.6. The number of hydrogen-bond acceptors (Lipinski definition) is 6. The number of likely N-dealkylation sites (tertiary alicyclic amines) is 1. The average molecular weight is 357 g/mol. The van der Waals surface area contributed by atoms with Crippen molar-refractivity contribution in [2.75, 3.05) is 25.0 Å². The monoisotopic (exact) mass is 357 g/mol. The van der Waals surface area contributed by atoms with E-state index in [0.717, 1.165) is 13.0 Å². The lowest BCUT2D eigenvalue weighted by atomic mass is 9.89. The third-order valence-corrected chi connectivity index (χ3v) is 5.41. The zero-order chi connectivity index (χ0) is 17.3. The number of fused-ring (bicyclic) bond motifs is 1. The first-order chi connectivity index (χ1) is 12.1. The lowest BCUT2D eigenvalue weighted by molar-refractivity contribution is -0.116. The highest BCUT2D eigenvalue weighted by Crippen LogP contribution is 2.38. The molecule has 1 spiro atoms. The fourth-order valence-electron chi connectivity index (χ4n) is 3.52. The Kier molecular flexibility index (Phi) is 4.27. The van der Waals surface area contributed by atoms with Gasteiger partial charge in [0.1, 0.15) is 11.4 Å². The summed E-state index contributed by atoms with van der Waals surface area (Å²) in [5, 5.41) is 5.25. The number of benzene rings is 1. The number of carbonyl (C=O) groups is 2. The van der Waals surface area contributed by atoms with Gasteiger partial charge < -0.3 is 10.1 Å². The van der Waals surface area contributed by atoms with E-state index in [4.69, 9.17) is 4.74 Å². The van der Waals surface area contributed by atoms with Gasteiger partial charge in [0.15, 0.2) is 10.9 Å². The summed E-state index contributed by atoms with van der Waals surface area (Å²) >= 11 is 1.41. The zero-order valence-corrected chi connectivity index (χ0v) is 14.6. The summed E-state index contributed by atoms with van der Waals surface area (Å²) in [6.07, 6.45) is 3.28. The number of para-hydroxylation sites is 1. The molecule has 25 heavy (non-hydrogen) atoms. The molecule has 1 aromatic heterocycles. The van der Waals surface area contributed by atoms with Gasteiger partial charge in [-0.05, 0) is 12.1 Å². The van der Waals surface area contributed by atoms with E-state index in [0.29, 0.717) is 42.4 Å². The molecule has 1 N–H and O–H groups in total. The topological polar surface area (TPSA) is 71.5 Å². The Bertz CT molecular complexity index is 793. The number of thiazole rings is 1. The Hall–Kier alpha value is -2.25. The quantitative estimate of drug-likeness (QED) is 0.911. The molecule has 0 aliphatic carbocycles. The lowest BCUT2D eigenvalue weighted by Gasteiger charge is -2.34. The highest BCUT2D eigenvalue weighted by Gasteiger charge is 2.45. The molecule has 3 heterocycles. The molecule has 1 fully saturated rings. The number of Topliss-reactive ketones (excluding diaryl/α,β-unsaturated/α-hetero) is 1. The minimum absolute atomic E-state index is 0.0399. The van der Waals surface area contributed by atoms with Gasteiger partial charge in [0.05, 0.1) is 12.0 Å². The molecule has 4 rings (SSSR count). The van der Waals surface area contributed by atoms with Gasteiger partial charge in [-0.2, -0.15) is 0 Å². The summed E-state index contributed by atoms with van der Waals surface area (Å²) in [5.41, 5.74) is 0.228. The van der Waals surface area contributed by atoms with Crippen molar-refractivity contribution < 1.29 is 14.3 Å². The molecule has 7 heteroatoms. The number of anilines is 1. The number of rotatable bonds is 4. The van der Waals surface area contributed by atoms with Gasteiger partial charge in [-0.15, -0.1) is 11.3 Å². The molecule has 0 bridgehead atoms. The molecule has 130 valence electrons. The van der Waals surface area contributed by atoms with Crippen molar-refractivity contribution >= 4 is 28.2 Å². The molecular weight excluding hydrogens is 338 g/mol. The van der Waals surface area contributed by atoms with Crippen LogP contribution in [0.1, 0.15) is 29.6 Å². The minimum Gasteiger partial charge on any atom is -0.485 e. The van der Waals surface area contributed by atoms with Crippen molar-refractivity contribution in [2.45, 2.75) is 24.9 Å². The highest BCUT2D eigenvalue weighted by molar-refractivity contribution is 7.13. The molecule has 2 aromatic rings. The van der Waals surface area contributed by atoms with E-state index in [9.17, 15) is 9.59 Å². The fraction of sp³-hybridized carbons (Fsp3) is 0.389. The molecular formula is C18H19N3O3S. The van der Waals surface area contributed by atoms with Crippen LogP contribution in [-0.2, 0) is 4.79 Å². The van der Waals surface area contributed by atoms with E-state index in [1.54, 1.807) is 6.20 Å². The van der Waals surface area contributed by atoms with Crippen LogP contribution in [0.3, 0.4) is 0 Å². The highest BCUT2D eigenvalue weighted by atomic mass is 32.1. The number of nitrogens with zero attached hydrogens (tertiary/aromatic N) is 2. The van der Waals surface area contributed by atoms with Crippen LogP contribution in [0, 0.1) is 0 Å². The van der Waals surface area contributed by atoms with E-state index in [1.807, 2.05) is 29.6 Å². The second-order valence-electron chi connectivity index (χ2n) is 6.54. The largest absolute Gasteiger partial charge is 0.485 e. The predicted octanol–water partition coefficient (Wildman–Crippen LogP) is 2.58. The Morgan fingerprint density at radius 1 is 1.40 bits per heavy atom. The third-order valence-electron chi connectivity index (χ3n) is 4.73. The van der Waals surface area contributed by atoms with Crippen LogP contribution >= 0.6 is 11.3 Å². The summed E-state index contributed by atoms with van der Waals surface area (Å²) in [6, 6.07) is 7.43.